The number of hydrogen-bond donors (Lipinski definition) is 1. The number of carbonyl (C=O) groups is 2. The molecule has 1 atom stereocenters. The lowest BCUT2D eigenvalue weighted by atomic mass is 9.77. The number of benzene rings is 2. The van der Waals surface area contributed by atoms with Gasteiger partial charge in [0.15, 0.2) is 0 Å². The number of likely N-dealkylation sites (tertiary alicyclic amines) is 2. The molecule has 0 bridgehead atoms. The number of ether oxygens (including phenoxy) is 1. The lowest BCUT2D eigenvalue weighted by molar-refractivity contribution is -0.137. The quantitative estimate of drug-likeness (QED) is 0.572. The molecular weight excluding hydrogens is 502 g/mol. The molecule has 4 rings (SSSR count). The second-order valence-electron chi connectivity index (χ2n) is 10.4. The summed E-state index contributed by atoms with van der Waals surface area (Å²) in [6.45, 7) is 5.59. The van der Waals surface area contributed by atoms with E-state index in [0.717, 1.165) is 29.3 Å². The molecule has 2 fully saturated rings. The van der Waals surface area contributed by atoms with Crippen molar-refractivity contribution in [3.05, 3.63) is 63.7 Å². The first kappa shape index (κ1) is 27.3. The molecule has 2 aromatic rings. The molecule has 37 heavy (non-hydrogen) atoms. The van der Waals surface area contributed by atoms with Crippen LogP contribution in [0.2, 0.25) is 5.02 Å². The first-order valence-electron chi connectivity index (χ1n) is 12.7. The first-order chi connectivity index (χ1) is 17.5. The highest BCUT2D eigenvalue weighted by Gasteiger charge is 2.41. The van der Waals surface area contributed by atoms with E-state index in [-0.39, 0.29) is 31.0 Å². The smallest absolute Gasteiger partial charge is 0.254 e. The second kappa shape index (κ2) is 11.4. The van der Waals surface area contributed by atoms with Crippen LogP contribution in [0, 0.1) is 30.9 Å². The average Bonchev–Trinajstić information content (AvgIpc) is 2.85. The summed E-state index contributed by atoms with van der Waals surface area (Å²) < 4.78 is 33.8. The van der Waals surface area contributed by atoms with Crippen LogP contribution in [0.3, 0.4) is 0 Å². The Bertz CT molecular complexity index is 1130. The first-order valence-corrected chi connectivity index (χ1v) is 13.0. The van der Waals surface area contributed by atoms with Gasteiger partial charge < -0.3 is 19.6 Å². The summed E-state index contributed by atoms with van der Waals surface area (Å²) >= 11 is 6.30. The molecule has 0 aromatic heterocycles. The third kappa shape index (κ3) is 6.60. The molecule has 2 amide bonds. The molecule has 2 aromatic carbocycles. The molecule has 0 radical (unpaired) electrons. The predicted octanol–water partition coefficient (Wildman–Crippen LogP) is 4.91. The molecule has 2 aliphatic heterocycles. The standard InChI is InChI=1S/C28H33ClF2N2O4/c1-18-10-24(11-19(2)26(18)29)37-17-28(15-25(35)32-8-4-23(34)5-9-32)6-3-7-33(16-28)27(36)20-12-21(30)14-22(31)13-20/h10-14,23,34H,3-9,15-17H2,1-2H3/t28-/m1/s1. The Hall–Kier alpha value is -2.71. The molecule has 1 N–H and O–H groups in total. The van der Waals surface area contributed by atoms with Crippen molar-refractivity contribution in [1.29, 1.82) is 0 Å². The van der Waals surface area contributed by atoms with Crippen LogP contribution in [0.1, 0.15) is 53.6 Å². The zero-order chi connectivity index (χ0) is 26.7. The Morgan fingerprint density at radius 3 is 2.27 bits per heavy atom. The van der Waals surface area contributed by atoms with Crippen LogP contribution >= 0.6 is 11.6 Å². The van der Waals surface area contributed by atoms with E-state index in [1.165, 1.54) is 0 Å². The van der Waals surface area contributed by atoms with Gasteiger partial charge >= 0.3 is 0 Å². The molecule has 9 heteroatoms. The predicted molar refractivity (Wildman–Crippen MR) is 137 cm³/mol. The summed E-state index contributed by atoms with van der Waals surface area (Å²) in [5.74, 6) is -1.53. The molecular formula is C28H33ClF2N2O4. The fourth-order valence-corrected chi connectivity index (χ4v) is 5.44. The number of aliphatic hydroxyl groups excluding tert-OH is 1. The van der Waals surface area contributed by atoms with Crippen LogP contribution in [0.4, 0.5) is 8.78 Å². The van der Waals surface area contributed by atoms with E-state index in [0.29, 0.717) is 56.1 Å². The van der Waals surface area contributed by atoms with Gasteiger partial charge in [-0.15, -0.1) is 0 Å². The molecule has 6 nitrogen and oxygen atoms in total. The van der Waals surface area contributed by atoms with Crippen molar-refractivity contribution >= 4 is 23.4 Å². The molecule has 0 spiro atoms. The third-order valence-corrected chi connectivity index (χ3v) is 7.95. The van der Waals surface area contributed by atoms with E-state index in [1.807, 2.05) is 26.0 Å². The number of carbonyl (C=O) groups excluding carboxylic acids is 2. The Balaban J connectivity index is 1.57. The summed E-state index contributed by atoms with van der Waals surface area (Å²) in [6, 6.07) is 6.48. The summed E-state index contributed by atoms with van der Waals surface area (Å²) in [7, 11) is 0. The van der Waals surface area contributed by atoms with Gasteiger partial charge in [-0.25, -0.2) is 8.78 Å². The molecule has 2 aliphatic rings. The van der Waals surface area contributed by atoms with Crippen molar-refractivity contribution in [2.75, 3.05) is 32.8 Å². The van der Waals surface area contributed by atoms with Crippen LogP contribution < -0.4 is 4.74 Å². The van der Waals surface area contributed by atoms with E-state index in [9.17, 15) is 23.5 Å². The van der Waals surface area contributed by atoms with E-state index in [2.05, 4.69) is 0 Å². The van der Waals surface area contributed by atoms with Crippen molar-refractivity contribution < 1.29 is 28.2 Å². The van der Waals surface area contributed by atoms with Crippen LogP contribution in [0.5, 0.6) is 5.75 Å². The lowest BCUT2D eigenvalue weighted by Crippen LogP contribution is -2.51. The minimum absolute atomic E-state index is 0.0509. The normalized spacial score (nSPS) is 20.7. The maximum atomic E-state index is 13.8. The number of aliphatic hydroxyl groups is 1. The van der Waals surface area contributed by atoms with Gasteiger partial charge in [-0.3, -0.25) is 9.59 Å². The van der Waals surface area contributed by atoms with E-state index >= 15 is 0 Å². The van der Waals surface area contributed by atoms with Crippen molar-refractivity contribution in [2.45, 2.75) is 52.1 Å². The topological polar surface area (TPSA) is 70.1 Å². The summed E-state index contributed by atoms with van der Waals surface area (Å²) in [5, 5.41) is 10.5. The number of hydrogen-bond acceptors (Lipinski definition) is 4. The molecule has 2 heterocycles. The Labute approximate surface area is 221 Å². The third-order valence-electron chi connectivity index (χ3n) is 7.36. The zero-order valence-corrected chi connectivity index (χ0v) is 22.0. The van der Waals surface area contributed by atoms with E-state index in [1.54, 1.807) is 9.80 Å². The number of piperidine rings is 2. The van der Waals surface area contributed by atoms with Crippen LogP contribution in [0.25, 0.3) is 0 Å². The summed E-state index contributed by atoms with van der Waals surface area (Å²) in [4.78, 5) is 29.9. The van der Waals surface area contributed by atoms with Gasteiger partial charge in [-0.1, -0.05) is 11.6 Å². The van der Waals surface area contributed by atoms with Gasteiger partial charge in [0.05, 0.1) is 12.7 Å². The average molecular weight is 535 g/mol. The number of nitrogens with zero attached hydrogens (tertiary/aromatic N) is 2. The monoisotopic (exact) mass is 534 g/mol. The van der Waals surface area contributed by atoms with Gasteiger partial charge in [0.1, 0.15) is 17.4 Å². The Morgan fingerprint density at radius 1 is 1.03 bits per heavy atom. The zero-order valence-electron chi connectivity index (χ0n) is 21.2. The Morgan fingerprint density at radius 2 is 1.65 bits per heavy atom. The number of amides is 2. The van der Waals surface area contributed by atoms with Gasteiger partial charge in [-0.05, 0) is 74.9 Å². The van der Waals surface area contributed by atoms with Crippen molar-refractivity contribution in [3.63, 3.8) is 0 Å². The van der Waals surface area contributed by atoms with Crippen molar-refractivity contribution in [2.24, 2.45) is 5.41 Å². The van der Waals surface area contributed by atoms with Crippen molar-refractivity contribution in [1.82, 2.24) is 9.80 Å². The lowest BCUT2D eigenvalue weighted by Gasteiger charge is -2.43. The van der Waals surface area contributed by atoms with Crippen LogP contribution in [-0.4, -0.2) is 65.6 Å². The summed E-state index contributed by atoms with van der Waals surface area (Å²) in [6.07, 6.45) is 2.12. The molecule has 0 aliphatic carbocycles. The maximum absolute atomic E-state index is 13.8. The summed E-state index contributed by atoms with van der Waals surface area (Å²) in [5.41, 5.74) is 1.01. The van der Waals surface area contributed by atoms with E-state index < -0.39 is 29.1 Å². The minimum atomic E-state index is -0.814. The van der Waals surface area contributed by atoms with Gasteiger partial charge in [0.25, 0.3) is 5.91 Å². The van der Waals surface area contributed by atoms with E-state index in [4.69, 9.17) is 16.3 Å². The largest absolute Gasteiger partial charge is 0.493 e. The Kier molecular flexibility index (Phi) is 8.39. The number of halogens is 3. The van der Waals surface area contributed by atoms with Crippen LogP contribution in [0.15, 0.2) is 30.3 Å². The second-order valence-corrected chi connectivity index (χ2v) is 10.8. The van der Waals surface area contributed by atoms with Gasteiger partial charge in [-0.2, -0.15) is 0 Å². The minimum Gasteiger partial charge on any atom is -0.493 e. The van der Waals surface area contributed by atoms with Crippen molar-refractivity contribution in [3.8, 4) is 5.75 Å². The van der Waals surface area contributed by atoms with Gasteiger partial charge in [0, 0.05) is 54.7 Å². The molecule has 2 saturated heterocycles. The van der Waals surface area contributed by atoms with Crippen LogP contribution in [-0.2, 0) is 4.79 Å². The SMILES string of the molecule is Cc1cc(OC[C@@]2(CC(=O)N3CCC(O)CC3)CCCN(C(=O)c3cc(F)cc(F)c3)C2)cc(C)c1Cl. The molecule has 0 saturated carbocycles. The van der Waals surface area contributed by atoms with Gasteiger partial charge in [0.2, 0.25) is 5.91 Å². The fourth-order valence-electron chi connectivity index (χ4n) is 5.33. The number of aryl methyl sites for hydroxylation is 2. The highest BCUT2D eigenvalue weighted by Crippen LogP contribution is 2.37. The highest BCUT2D eigenvalue weighted by molar-refractivity contribution is 6.32. The maximum Gasteiger partial charge on any atom is 0.254 e. The number of rotatable bonds is 6. The highest BCUT2D eigenvalue weighted by atomic mass is 35.5. The fraction of sp³-hybridized carbons (Fsp3) is 0.500. The molecule has 0 unspecified atom stereocenters. The molecule has 200 valence electrons.